The van der Waals surface area contributed by atoms with Crippen LogP contribution in [-0.2, 0) is 4.79 Å². The van der Waals surface area contributed by atoms with Crippen LogP contribution in [-0.4, -0.2) is 45.5 Å². The number of benzene rings is 1. The fourth-order valence-corrected chi connectivity index (χ4v) is 6.19. The lowest BCUT2D eigenvalue weighted by molar-refractivity contribution is -0.127. The first kappa shape index (κ1) is 26.6. The number of hydrogen-bond donors (Lipinski definition) is 0. The quantitative estimate of drug-likeness (QED) is 0.303. The van der Waals surface area contributed by atoms with Gasteiger partial charge in [0.05, 0.1) is 22.9 Å². The molecule has 3 aromatic heterocycles. The largest absolute Gasteiger partial charge is 0.496 e. The minimum absolute atomic E-state index is 0.151. The number of rotatable bonds is 8. The maximum absolute atomic E-state index is 13.9. The molecule has 0 bridgehead atoms. The number of methoxy groups -OCH3 is 1. The van der Waals surface area contributed by atoms with Crippen LogP contribution in [0.25, 0.3) is 6.08 Å². The van der Waals surface area contributed by atoms with E-state index in [2.05, 4.69) is 9.97 Å². The van der Waals surface area contributed by atoms with Gasteiger partial charge in [0.25, 0.3) is 11.5 Å². The fourth-order valence-electron chi connectivity index (χ4n) is 4.49. The molecule has 200 valence electrons. The Bertz CT molecular complexity index is 1720. The third-order valence-corrected chi connectivity index (χ3v) is 8.14. The van der Waals surface area contributed by atoms with E-state index in [-0.39, 0.29) is 11.5 Å². The SMILES string of the molecule is CCN(CC)C(=O)C1=C(C)N=c2s/c(=C\c3ccc(Sc4ncccn4)o3)c(=O)n2[C@@H]1c1ccccc1OC. The Hall–Kier alpha value is -3.96. The van der Waals surface area contributed by atoms with Crippen LogP contribution in [0.3, 0.4) is 0 Å². The first-order valence-electron chi connectivity index (χ1n) is 12.4. The summed E-state index contributed by atoms with van der Waals surface area (Å²) in [4.78, 5) is 43.0. The summed E-state index contributed by atoms with van der Waals surface area (Å²) in [5.74, 6) is 0.956. The zero-order chi connectivity index (χ0) is 27.5. The molecule has 1 amide bonds. The van der Waals surface area contributed by atoms with Crippen molar-refractivity contribution in [3.63, 3.8) is 0 Å². The summed E-state index contributed by atoms with van der Waals surface area (Å²) in [6, 6.07) is 12.1. The van der Waals surface area contributed by atoms with Crippen LogP contribution < -0.4 is 19.6 Å². The molecule has 1 aliphatic heterocycles. The molecule has 0 saturated carbocycles. The molecule has 0 saturated heterocycles. The summed E-state index contributed by atoms with van der Waals surface area (Å²) < 4.78 is 13.6. The van der Waals surface area contributed by atoms with E-state index in [0.717, 1.165) is 5.56 Å². The lowest BCUT2D eigenvalue weighted by Gasteiger charge is -2.29. The van der Waals surface area contributed by atoms with Crippen molar-refractivity contribution in [2.45, 2.75) is 37.1 Å². The van der Waals surface area contributed by atoms with Gasteiger partial charge in [-0.2, -0.15) is 0 Å². The van der Waals surface area contributed by atoms with Crippen molar-refractivity contribution in [2.24, 2.45) is 4.99 Å². The topological polar surface area (TPSA) is 103 Å². The first-order chi connectivity index (χ1) is 18.9. The number of para-hydroxylation sites is 1. The highest BCUT2D eigenvalue weighted by molar-refractivity contribution is 7.99. The molecule has 39 heavy (non-hydrogen) atoms. The molecule has 9 nitrogen and oxygen atoms in total. The molecule has 5 rings (SSSR count). The lowest BCUT2D eigenvalue weighted by Crippen LogP contribution is -2.43. The second kappa shape index (κ2) is 11.4. The Morgan fingerprint density at radius 2 is 1.90 bits per heavy atom. The van der Waals surface area contributed by atoms with E-state index in [1.54, 1.807) is 47.2 Å². The predicted octanol–water partition coefficient (Wildman–Crippen LogP) is 3.65. The van der Waals surface area contributed by atoms with Crippen molar-refractivity contribution < 1.29 is 13.9 Å². The van der Waals surface area contributed by atoms with Crippen molar-refractivity contribution in [3.05, 3.63) is 97.1 Å². The number of fused-ring (bicyclic) bond motifs is 1. The summed E-state index contributed by atoms with van der Waals surface area (Å²) in [5, 5.41) is 1.17. The van der Waals surface area contributed by atoms with Crippen LogP contribution in [0.15, 0.2) is 90.6 Å². The van der Waals surface area contributed by atoms with Gasteiger partial charge in [0.15, 0.2) is 15.1 Å². The fraction of sp³-hybridized carbons (Fsp3) is 0.250. The number of furan rings is 1. The highest BCUT2D eigenvalue weighted by Crippen LogP contribution is 2.36. The molecule has 1 aliphatic rings. The Morgan fingerprint density at radius 3 is 2.62 bits per heavy atom. The Labute approximate surface area is 233 Å². The molecule has 0 radical (unpaired) electrons. The summed E-state index contributed by atoms with van der Waals surface area (Å²) in [7, 11) is 1.58. The summed E-state index contributed by atoms with van der Waals surface area (Å²) in [5.41, 5.74) is 1.50. The molecule has 4 aromatic rings. The maximum atomic E-state index is 13.9. The minimum atomic E-state index is -0.689. The van der Waals surface area contributed by atoms with Gasteiger partial charge in [0, 0.05) is 37.1 Å². The Morgan fingerprint density at radius 1 is 1.15 bits per heavy atom. The van der Waals surface area contributed by atoms with Gasteiger partial charge in [-0.15, -0.1) is 0 Å². The molecule has 0 fully saturated rings. The molecule has 0 N–H and O–H groups in total. The van der Waals surface area contributed by atoms with Crippen molar-refractivity contribution >= 4 is 35.1 Å². The average Bonchev–Trinajstić information content (AvgIpc) is 3.52. The molecule has 0 spiro atoms. The van der Waals surface area contributed by atoms with Gasteiger partial charge in [-0.1, -0.05) is 29.5 Å². The number of carbonyl (C=O) groups is 1. The second-order valence-electron chi connectivity index (χ2n) is 8.59. The lowest BCUT2D eigenvalue weighted by atomic mass is 9.94. The summed E-state index contributed by atoms with van der Waals surface area (Å²) in [6.07, 6.45) is 5.03. The van der Waals surface area contributed by atoms with Gasteiger partial charge in [0.2, 0.25) is 0 Å². The van der Waals surface area contributed by atoms with Crippen LogP contribution >= 0.6 is 23.1 Å². The average molecular weight is 562 g/mol. The third kappa shape index (κ3) is 5.19. The molecular formula is C28H27N5O4S2. The zero-order valence-electron chi connectivity index (χ0n) is 22.0. The highest BCUT2D eigenvalue weighted by Gasteiger charge is 2.35. The smallest absolute Gasteiger partial charge is 0.271 e. The maximum Gasteiger partial charge on any atom is 0.271 e. The number of ether oxygens (including phenoxy) is 1. The Balaban J connectivity index is 1.63. The van der Waals surface area contributed by atoms with Gasteiger partial charge in [0.1, 0.15) is 17.6 Å². The van der Waals surface area contributed by atoms with E-state index in [0.29, 0.717) is 55.5 Å². The van der Waals surface area contributed by atoms with E-state index >= 15 is 0 Å². The van der Waals surface area contributed by atoms with Crippen LogP contribution in [0.1, 0.15) is 38.1 Å². The number of hydrogen-bond acceptors (Lipinski definition) is 9. The number of amides is 1. The summed E-state index contributed by atoms with van der Waals surface area (Å²) >= 11 is 2.55. The highest BCUT2D eigenvalue weighted by atomic mass is 32.2. The number of aromatic nitrogens is 3. The van der Waals surface area contributed by atoms with E-state index in [9.17, 15) is 9.59 Å². The van der Waals surface area contributed by atoms with E-state index < -0.39 is 6.04 Å². The van der Waals surface area contributed by atoms with Crippen molar-refractivity contribution in [1.29, 1.82) is 0 Å². The van der Waals surface area contributed by atoms with Crippen LogP contribution in [0.5, 0.6) is 5.75 Å². The summed E-state index contributed by atoms with van der Waals surface area (Å²) in [6.45, 7) is 6.77. The van der Waals surface area contributed by atoms with E-state index in [1.165, 1.54) is 23.1 Å². The number of thiazole rings is 1. The van der Waals surface area contributed by atoms with Crippen molar-refractivity contribution in [3.8, 4) is 5.75 Å². The minimum Gasteiger partial charge on any atom is -0.496 e. The van der Waals surface area contributed by atoms with E-state index in [4.69, 9.17) is 14.1 Å². The molecule has 11 heteroatoms. The number of allylic oxidation sites excluding steroid dienone is 1. The van der Waals surface area contributed by atoms with Gasteiger partial charge in [-0.05, 0) is 56.8 Å². The second-order valence-corrected chi connectivity index (χ2v) is 10.6. The van der Waals surface area contributed by atoms with Gasteiger partial charge in [-0.3, -0.25) is 14.2 Å². The van der Waals surface area contributed by atoms with Crippen LogP contribution in [0.4, 0.5) is 0 Å². The molecule has 1 aromatic carbocycles. The molecular weight excluding hydrogens is 534 g/mol. The zero-order valence-corrected chi connectivity index (χ0v) is 23.6. The van der Waals surface area contributed by atoms with Crippen molar-refractivity contribution in [1.82, 2.24) is 19.4 Å². The molecule has 0 aliphatic carbocycles. The van der Waals surface area contributed by atoms with Gasteiger partial charge < -0.3 is 14.1 Å². The van der Waals surface area contributed by atoms with Crippen LogP contribution in [0.2, 0.25) is 0 Å². The molecule has 0 unspecified atom stereocenters. The van der Waals surface area contributed by atoms with Crippen molar-refractivity contribution in [2.75, 3.05) is 20.2 Å². The number of nitrogens with zero attached hydrogens (tertiary/aromatic N) is 5. The molecule has 4 heterocycles. The Kier molecular flexibility index (Phi) is 7.80. The van der Waals surface area contributed by atoms with E-state index in [1.807, 2.05) is 51.1 Å². The van der Waals surface area contributed by atoms with Crippen LogP contribution in [0, 0.1) is 0 Å². The normalized spacial score (nSPS) is 15.2. The van der Waals surface area contributed by atoms with Gasteiger partial charge >= 0.3 is 0 Å². The first-order valence-corrected chi connectivity index (χ1v) is 14.1. The number of carbonyl (C=O) groups excluding carboxylic acids is 1. The molecule has 1 atom stereocenters. The number of likely N-dealkylation sites (N-methyl/N-ethyl adjacent to an activating group) is 1. The predicted molar refractivity (Wildman–Crippen MR) is 150 cm³/mol. The monoisotopic (exact) mass is 561 g/mol. The third-order valence-electron chi connectivity index (χ3n) is 6.35. The standard InChI is InChI=1S/C28H27N5O4S2/c1-5-32(6-2)26(35)23-17(3)31-28-33(24(23)19-10-7-8-11-20(19)36-4)25(34)21(38-28)16-18-12-13-22(37-18)39-27-29-14-9-15-30-27/h7-16,24H,5-6H2,1-4H3/b21-16-/t24-/m1/s1. The van der Waals surface area contributed by atoms with Gasteiger partial charge in [-0.25, -0.2) is 15.0 Å².